The molecule has 3 aromatic heterocycles. The molecule has 4 heterocycles. The van der Waals surface area contributed by atoms with Crippen LogP contribution in [0.1, 0.15) is 70.6 Å². The molecule has 0 aliphatic carbocycles. The number of methoxy groups -OCH3 is 1. The van der Waals surface area contributed by atoms with Crippen LogP contribution in [0, 0.1) is 0 Å². The Morgan fingerprint density at radius 2 is 1.88 bits per heavy atom. The van der Waals surface area contributed by atoms with E-state index in [2.05, 4.69) is 33.9 Å². The summed E-state index contributed by atoms with van der Waals surface area (Å²) >= 11 is -1.35. The molecule has 12 nitrogen and oxygen atoms in total. The van der Waals surface area contributed by atoms with Gasteiger partial charge in [-0.15, -0.1) is 4.72 Å². The van der Waals surface area contributed by atoms with Crippen LogP contribution in [0.25, 0.3) is 22.2 Å². The molecule has 0 radical (unpaired) electrons. The fourth-order valence-electron chi connectivity index (χ4n) is 5.99. The van der Waals surface area contributed by atoms with E-state index in [0.29, 0.717) is 44.3 Å². The van der Waals surface area contributed by atoms with Crippen LogP contribution in [0.5, 0.6) is 5.75 Å². The maximum Gasteiger partial charge on any atom is 0.255 e. The molecule has 1 aromatic carbocycles. The largest absolute Gasteiger partial charge is 0.598 e. The normalized spacial score (nSPS) is 16.3. The van der Waals surface area contributed by atoms with E-state index in [1.165, 1.54) is 6.26 Å². The lowest BCUT2D eigenvalue weighted by Gasteiger charge is -2.28. The number of oxazole rings is 1. The molecule has 1 fully saturated rings. The van der Waals surface area contributed by atoms with Gasteiger partial charge in [0, 0.05) is 57.2 Å². The third kappa shape index (κ3) is 9.08. The van der Waals surface area contributed by atoms with Gasteiger partial charge in [-0.1, -0.05) is 32.5 Å². The summed E-state index contributed by atoms with van der Waals surface area (Å²) < 4.78 is 50.0. The van der Waals surface area contributed by atoms with Gasteiger partial charge in [0.15, 0.2) is 0 Å². The summed E-state index contributed by atoms with van der Waals surface area (Å²) in [5.41, 5.74) is 2.33. The SMILES string of the molecule is COc1cc2c(ccc(=O)n2C)cc1-c1cnc(C(CCCCCC2(c3ncco3)OCCO2)N[S+]([O-])C(C)(C)C)n1COCC[Si](C)(C)C. The van der Waals surface area contributed by atoms with Crippen molar-refractivity contribution in [3.8, 4) is 17.0 Å². The van der Waals surface area contributed by atoms with E-state index in [1.54, 1.807) is 31.0 Å². The summed E-state index contributed by atoms with van der Waals surface area (Å²) in [5.74, 6) is 0.864. The highest BCUT2D eigenvalue weighted by molar-refractivity contribution is 7.90. The number of aryl methyl sites for hydroxylation is 1. The predicted molar refractivity (Wildman–Crippen MR) is 198 cm³/mol. The smallest absolute Gasteiger partial charge is 0.255 e. The van der Waals surface area contributed by atoms with Crippen molar-refractivity contribution in [2.75, 3.05) is 26.9 Å². The second kappa shape index (κ2) is 16.1. The van der Waals surface area contributed by atoms with E-state index < -0.39 is 30.0 Å². The number of hydrogen-bond acceptors (Lipinski definition) is 10. The molecule has 0 amide bonds. The Hall–Kier alpha value is -2.98. The Kier molecular flexibility index (Phi) is 12.3. The number of nitrogens with one attached hydrogen (secondary N) is 1. The second-order valence-corrected chi connectivity index (χ2v) is 22.7. The fourth-order valence-corrected chi connectivity index (χ4v) is 7.59. The highest BCUT2D eigenvalue weighted by Gasteiger charge is 2.42. The molecule has 14 heteroatoms. The average molecular weight is 728 g/mol. The number of ether oxygens (including phenoxy) is 4. The maximum absolute atomic E-state index is 13.6. The number of aromatic nitrogens is 4. The monoisotopic (exact) mass is 727 g/mol. The van der Waals surface area contributed by atoms with Crippen molar-refractivity contribution in [2.45, 2.75) is 102 Å². The van der Waals surface area contributed by atoms with Crippen LogP contribution in [0.15, 0.2) is 52.1 Å². The van der Waals surface area contributed by atoms with Crippen LogP contribution in [0.2, 0.25) is 25.7 Å². The molecule has 2 atom stereocenters. The molecular weight excluding hydrogens is 675 g/mol. The first kappa shape index (κ1) is 38.3. The van der Waals surface area contributed by atoms with Gasteiger partial charge in [0.25, 0.3) is 11.4 Å². The standard InChI is InChI=1S/C36H53N5O7SSi/c1-35(2,3)49(43)39-28(12-10-9-11-15-36(47-18-19-48-36)34-37-16-17-46-34)33-38-24-30(41(33)25-45-20-21-50(6,7)8)27-22-26-13-14-32(42)40(4)29(26)23-31(27)44-5/h13-14,16-17,22-24,28,39H,9-12,15,18-21,25H2,1-8H3. The quantitative estimate of drug-likeness (QED) is 0.0715. The van der Waals surface area contributed by atoms with E-state index in [9.17, 15) is 9.35 Å². The predicted octanol–water partition coefficient (Wildman–Crippen LogP) is 6.65. The minimum absolute atomic E-state index is 0.0905. The van der Waals surface area contributed by atoms with Crippen molar-refractivity contribution in [1.29, 1.82) is 0 Å². The van der Waals surface area contributed by atoms with Crippen molar-refractivity contribution in [3.05, 3.63) is 65.0 Å². The second-order valence-electron chi connectivity index (χ2n) is 15.1. The lowest BCUT2D eigenvalue weighted by Crippen LogP contribution is -2.42. The lowest BCUT2D eigenvalue weighted by atomic mass is 10.0. The molecule has 1 N–H and O–H groups in total. The Balaban J connectivity index is 1.44. The highest BCUT2D eigenvalue weighted by atomic mass is 32.2. The third-order valence-corrected chi connectivity index (χ3v) is 12.3. The number of unbranched alkanes of at least 4 members (excludes halogenated alkanes) is 2. The van der Waals surface area contributed by atoms with E-state index in [1.807, 2.05) is 45.2 Å². The van der Waals surface area contributed by atoms with Gasteiger partial charge in [-0.05, 0) is 57.2 Å². The third-order valence-electron chi connectivity index (χ3n) is 8.95. The van der Waals surface area contributed by atoms with Crippen LogP contribution in [0.3, 0.4) is 0 Å². The number of pyridine rings is 1. The number of rotatable bonds is 17. The molecule has 1 saturated heterocycles. The summed E-state index contributed by atoms with van der Waals surface area (Å²) in [7, 11) is 2.06. The van der Waals surface area contributed by atoms with E-state index in [4.69, 9.17) is 28.3 Å². The molecule has 0 spiro atoms. The Morgan fingerprint density at radius 3 is 2.54 bits per heavy atom. The Labute approximate surface area is 299 Å². The van der Waals surface area contributed by atoms with Crippen molar-refractivity contribution in [2.24, 2.45) is 7.05 Å². The highest BCUT2D eigenvalue weighted by Crippen LogP contribution is 2.38. The molecule has 274 valence electrons. The molecule has 4 aromatic rings. The van der Waals surface area contributed by atoms with Crippen LogP contribution >= 0.6 is 0 Å². The van der Waals surface area contributed by atoms with Crippen molar-refractivity contribution >= 4 is 30.3 Å². The molecule has 50 heavy (non-hydrogen) atoms. The Morgan fingerprint density at radius 1 is 1.12 bits per heavy atom. The molecular formula is C36H53N5O7SSi. The molecule has 1 aliphatic rings. The van der Waals surface area contributed by atoms with E-state index in [0.717, 1.165) is 53.3 Å². The van der Waals surface area contributed by atoms with Crippen molar-refractivity contribution in [3.63, 3.8) is 0 Å². The van der Waals surface area contributed by atoms with Crippen LogP contribution in [-0.2, 0) is 45.1 Å². The van der Waals surface area contributed by atoms with Crippen LogP contribution in [0.4, 0.5) is 0 Å². The molecule has 5 rings (SSSR count). The van der Waals surface area contributed by atoms with Gasteiger partial charge >= 0.3 is 0 Å². The number of nitrogens with zero attached hydrogens (tertiary/aromatic N) is 4. The fraction of sp³-hybridized carbons (Fsp3) is 0.583. The minimum Gasteiger partial charge on any atom is -0.598 e. The molecule has 0 saturated carbocycles. The number of imidazole rings is 1. The maximum atomic E-state index is 13.6. The van der Waals surface area contributed by atoms with Gasteiger partial charge in [0.2, 0.25) is 5.79 Å². The summed E-state index contributed by atoms with van der Waals surface area (Å²) in [6.07, 6.45) is 8.84. The molecule has 2 unspecified atom stereocenters. The van der Waals surface area contributed by atoms with E-state index in [-0.39, 0.29) is 18.3 Å². The summed E-state index contributed by atoms with van der Waals surface area (Å²) in [6.45, 7) is 14.8. The number of hydrogen-bond donors (Lipinski definition) is 1. The van der Waals surface area contributed by atoms with Gasteiger partial charge in [-0.3, -0.25) is 4.79 Å². The zero-order valence-electron chi connectivity index (χ0n) is 30.7. The first-order valence-electron chi connectivity index (χ1n) is 17.4. The van der Waals surface area contributed by atoms with Crippen LogP contribution in [-0.4, -0.2) is 63.4 Å². The number of fused-ring (bicyclic) bond motifs is 1. The summed E-state index contributed by atoms with van der Waals surface area (Å²) in [4.78, 5) is 21.7. The zero-order valence-corrected chi connectivity index (χ0v) is 32.6. The Bertz CT molecular complexity index is 1760. The summed E-state index contributed by atoms with van der Waals surface area (Å²) in [6, 6.07) is 8.02. The van der Waals surface area contributed by atoms with Crippen molar-refractivity contribution < 1.29 is 27.9 Å². The van der Waals surface area contributed by atoms with E-state index >= 15 is 0 Å². The topological polar surface area (TPSA) is 138 Å². The van der Waals surface area contributed by atoms with Gasteiger partial charge in [0.05, 0.1) is 43.9 Å². The first-order valence-corrected chi connectivity index (χ1v) is 22.3. The van der Waals surface area contributed by atoms with Gasteiger partial charge < -0.3 is 37.1 Å². The molecule has 1 aliphatic heterocycles. The van der Waals surface area contributed by atoms with Crippen molar-refractivity contribution in [1.82, 2.24) is 23.8 Å². The summed E-state index contributed by atoms with van der Waals surface area (Å²) in [5, 5.41) is 0.901. The average Bonchev–Trinajstić information content (AvgIpc) is 3.85. The lowest BCUT2D eigenvalue weighted by molar-refractivity contribution is -0.187. The zero-order chi connectivity index (χ0) is 36.1. The molecule has 0 bridgehead atoms. The number of benzene rings is 1. The first-order chi connectivity index (χ1) is 23.7. The minimum atomic E-state index is -1.35. The van der Waals surface area contributed by atoms with Gasteiger partial charge in [-0.2, -0.15) is 0 Å². The van der Waals surface area contributed by atoms with Gasteiger partial charge in [0.1, 0.15) is 35.4 Å². The van der Waals surface area contributed by atoms with Crippen LogP contribution < -0.4 is 15.0 Å². The van der Waals surface area contributed by atoms with Gasteiger partial charge in [-0.25, -0.2) is 9.97 Å².